The van der Waals surface area contributed by atoms with Gasteiger partial charge in [-0.1, -0.05) is 0 Å². The van der Waals surface area contributed by atoms with Gasteiger partial charge in [-0.25, -0.2) is 9.97 Å². The van der Waals surface area contributed by atoms with Gasteiger partial charge in [-0.2, -0.15) is 10.4 Å². The smallest absolute Gasteiger partial charge is 0.142 e. The van der Waals surface area contributed by atoms with Crippen molar-refractivity contribution in [1.29, 1.82) is 5.26 Å². The van der Waals surface area contributed by atoms with Gasteiger partial charge in [-0.05, 0) is 32.0 Å². The molecule has 7 heteroatoms. The maximum atomic E-state index is 9.52. The van der Waals surface area contributed by atoms with Crippen LogP contribution in [0.15, 0.2) is 24.4 Å². The summed E-state index contributed by atoms with van der Waals surface area (Å²) in [5.41, 5.74) is 11.3. The van der Waals surface area contributed by atoms with E-state index in [2.05, 4.69) is 26.2 Å². The Bertz CT molecular complexity index is 943. The van der Waals surface area contributed by atoms with E-state index in [0.717, 1.165) is 28.3 Å². The van der Waals surface area contributed by atoms with Crippen molar-refractivity contribution in [2.24, 2.45) is 0 Å². The quantitative estimate of drug-likeness (QED) is 0.763. The normalized spacial score (nSPS) is 10.5. The molecule has 25 heavy (non-hydrogen) atoms. The number of hydrogen-bond acceptors (Lipinski definition) is 6. The van der Waals surface area contributed by atoms with Crippen LogP contribution < -0.4 is 10.6 Å². The summed E-state index contributed by atoms with van der Waals surface area (Å²) in [6.45, 7) is 3.83. The molecule has 0 atom stereocenters. The van der Waals surface area contributed by atoms with Crippen LogP contribution >= 0.6 is 0 Å². The maximum Gasteiger partial charge on any atom is 0.142 e. The van der Waals surface area contributed by atoms with Crippen LogP contribution in [0, 0.1) is 25.2 Å². The summed E-state index contributed by atoms with van der Waals surface area (Å²) in [4.78, 5) is 10.7. The lowest BCUT2D eigenvalue weighted by molar-refractivity contribution is 1.02. The first-order valence-electron chi connectivity index (χ1n) is 7.78. The number of hydrogen-bond donors (Lipinski definition) is 2. The van der Waals surface area contributed by atoms with Gasteiger partial charge < -0.3 is 10.6 Å². The molecule has 0 saturated carbocycles. The largest absolute Gasteiger partial charge is 0.383 e. The van der Waals surface area contributed by atoms with E-state index in [-0.39, 0.29) is 5.82 Å². The first-order valence-corrected chi connectivity index (χ1v) is 7.78. The monoisotopic (exact) mass is 333 g/mol. The van der Waals surface area contributed by atoms with E-state index in [1.807, 2.05) is 51.0 Å². The van der Waals surface area contributed by atoms with Crippen molar-refractivity contribution < 1.29 is 0 Å². The number of rotatable bonds is 3. The lowest BCUT2D eigenvalue weighted by Gasteiger charge is -2.13. The fraction of sp³-hybridized carbons (Fsp3) is 0.222. The molecule has 0 aliphatic carbocycles. The van der Waals surface area contributed by atoms with E-state index in [1.54, 1.807) is 6.20 Å². The van der Waals surface area contributed by atoms with Crippen LogP contribution in [0.25, 0.3) is 22.4 Å². The number of aromatic nitrogens is 4. The van der Waals surface area contributed by atoms with Crippen molar-refractivity contribution in [2.75, 3.05) is 24.7 Å². The molecule has 3 heterocycles. The van der Waals surface area contributed by atoms with Crippen LogP contribution in [0.5, 0.6) is 0 Å². The van der Waals surface area contributed by atoms with Gasteiger partial charge in [0, 0.05) is 42.7 Å². The Kier molecular flexibility index (Phi) is 4.11. The lowest BCUT2D eigenvalue weighted by Crippen LogP contribution is -2.10. The Balaban J connectivity index is 2.20. The number of pyridine rings is 2. The van der Waals surface area contributed by atoms with Gasteiger partial charge in [-0.15, -0.1) is 0 Å². The predicted octanol–water partition coefficient (Wildman–Crippen LogP) is 2.67. The molecule has 0 amide bonds. The highest BCUT2D eigenvalue weighted by Gasteiger charge is 2.17. The molecule has 0 unspecified atom stereocenters. The number of H-pyrrole nitrogens is 1. The van der Waals surface area contributed by atoms with E-state index in [4.69, 9.17) is 5.73 Å². The number of aromatic amines is 1. The standard InChI is InChI=1S/C18H19N7/c1-10-17(11(2)24-23-10)15-7-13(14(8-19)18(20)22-15)12-5-6-16(21-9-12)25(3)4/h5-7,9H,1-4H3,(H2,20,22)(H,23,24). The fourth-order valence-corrected chi connectivity index (χ4v) is 2.78. The number of nitrogens with zero attached hydrogens (tertiary/aromatic N) is 5. The number of aryl methyl sites for hydroxylation is 2. The average Bonchev–Trinajstić information content (AvgIpc) is 2.93. The van der Waals surface area contributed by atoms with Crippen molar-refractivity contribution in [3.8, 4) is 28.5 Å². The van der Waals surface area contributed by atoms with Crippen molar-refractivity contribution >= 4 is 11.6 Å². The molecule has 0 aliphatic heterocycles. The number of nitrogens with one attached hydrogen (secondary N) is 1. The lowest BCUT2D eigenvalue weighted by atomic mass is 9.99. The van der Waals surface area contributed by atoms with Gasteiger partial charge in [0.25, 0.3) is 0 Å². The average molecular weight is 333 g/mol. The molecule has 0 spiro atoms. The maximum absolute atomic E-state index is 9.52. The summed E-state index contributed by atoms with van der Waals surface area (Å²) in [6.07, 6.45) is 1.74. The molecule has 3 aromatic rings. The molecule has 7 nitrogen and oxygen atoms in total. The third-order valence-corrected chi connectivity index (χ3v) is 4.06. The Morgan fingerprint density at radius 3 is 2.52 bits per heavy atom. The molecular formula is C18H19N7. The highest BCUT2D eigenvalue weighted by Crippen LogP contribution is 2.33. The zero-order valence-electron chi connectivity index (χ0n) is 14.6. The van der Waals surface area contributed by atoms with E-state index in [1.165, 1.54) is 0 Å². The minimum absolute atomic E-state index is 0.201. The molecule has 0 aliphatic rings. The van der Waals surface area contributed by atoms with Gasteiger partial charge >= 0.3 is 0 Å². The second kappa shape index (κ2) is 6.24. The van der Waals surface area contributed by atoms with Crippen molar-refractivity contribution in [3.63, 3.8) is 0 Å². The summed E-state index contributed by atoms with van der Waals surface area (Å²) in [5, 5.41) is 16.7. The van der Waals surface area contributed by atoms with Crippen LogP contribution in [-0.4, -0.2) is 34.3 Å². The summed E-state index contributed by atoms with van der Waals surface area (Å²) < 4.78 is 0. The van der Waals surface area contributed by atoms with E-state index >= 15 is 0 Å². The van der Waals surface area contributed by atoms with Crippen LogP contribution in [0.3, 0.4) is 0 Å². The Labute approximate surface area is 146 Å². The Hall–Kier alpha value is -3.40. The first-order chi connectivity index (χ1) is 11.9. The Morgan fingerprint density at radius 2 is 2.00 bits per heavy atom. The third kappa shape index (κ3) is 2.90. The third-order valence-electron chi connectivity index (χ3n) is 4.06. The Morgan fingerprint density at radius 1 is 1.24 bits per heavy atom. The highest BCUT2D eigenvalue weighted by molar-refractivity contribution is 5.81. The summed E-state index contributed by atoms with van der Waals surface area (Å²) in [6, 6.07) is 7.85. The predicted molar refractivity (Wildman–Crippen MR) is 98.0 cm³/mol. The number of anilines is 2. The van der Waals surface area contributed by atoms with Crippen molar-refractivity contribution in [2.45, 2.75) is 13.8 Å². The van der Waals surface area contributed by atoms with Gasteiger partial charge in [0.1, 0.15) is 23.3 Å². The molecule has 0 bridgehead atoms. The van der Waals surface area contributed by atoms with Crippen LogP contribution in [-0.2, 0) is 0 Å². The van der Waals surface area contributed by atoms with Crippen molar-refractivity contribution in [1.82, 2.24) is 20.2 Å². The van der Waals surface area contributed by atoms with E-state index in [9.17, 15) is 5.26 Å². The van der Waals surface area contributed by atoms with Gasteiger partial charge in [0.15, 0.2) is 0 Å². The van der Waals surface area contributed by atoms with Crippen LogP contribution in [0.2, 0.25) is 0 Å². The minimum atomic E-state index is 0.201. The summed E-state index contributed by atoms with van der Waals surface area (Å²) in [7, 11) is 3.85. The topological polar surface area (TPSA) is 108 Å². The summed E-state index contributed by atoms with van der Waals surface area (Å²) >= 11 is 0. The second-order valence-corrected chi connectivity index (χ2v) is 6.04. The molecule has 3 N–H and O–H groups in total. The number of nitrogens with two attached hydrogens (primary N) is 1. The molecule has 0 radical (unpaired) electrons. The molecule has 126 valence electrons. The van der Waals surface area contributed by atoms with Crippen LogP contribution in [0.4, 0.5) is 11.6 Å². The molecule has 0 aromatic carbocycles. The van der Waals surface area contributed by atoms with Crippen LogP contribution in [0.1, 0.15) is 17.0 Å². The molecule has 3 rings (SSSR count). The zero-order chi connectivity index (χ0) is 18.1. The second-order valence-electron chi connectivity index (χ2n) is 6.04. The molecule has 0 saturated heterocycles. The number of nitriles is 1. The van der Waals surface area contributed by atoms with E-state index < -0.39 is 0 Å². The van der Waals surface area contributed by atoms with Gasteiger partial charge in [0.05, 0.1) is 11.4 Å². The summed E-state index contributed by atoms with van der Waals surface area (Å²) in [5.74, 6) is 1.04. The van der Waals surface area contributed by atoms with Crippen molar-refractivity contribution in [3.05, 3.63) is 41.3 Å². The fourth-order valence-electron chi connectivity index (χ4n) is 2.78. The molecule has 3 aromatic heterocycles. The minimum Gasteiger partial charge on any atom is -0.383 e. The zero-order valence-corrected chi connectivity index (χ0v) is 14.6. The first kappa shape index (κ1) is 16.5. The highest BCUT2D eigenvalue weighted by atomic mass is 15.1. The molecule has 0 fully saturated rings. The van der Waals surface area contributed by atoms with Gasteiger partial charge in [-0.3, -0.25) is 5.10 Å². The van der Waals surface area contributed by atoms with Gasteiger partial charge in [0.2, 0.25) is 0 Å². The SMILES string of the molecule is Cc1n[nH]c(C)c1-c1cc(-c2ccc(N(C)C)nc2)c(C#N)c(N)n1. The number of nitrogen functional groups attached to an aromatic ring is 1. The van der Waals surface area contributed by atoms with E-state index in [0.29, 0.717) is 16.8 Å². The molecular weight excluding hydrogens is 314 g/mol.